The van der Waals surface area contributed by atoms with Crippen LogP contribution >= 0.6 is 0 Å². The van der Waals surface area contributed by atoms with E-state index in [0.29, 0.717) is 30.0 Å². The molecule has 0 unspecified atom stereocenters. The van der Waals surface area contributed by atoms with Crippen LogP contribution in [0.5, 0.6) is 5.75 Å². The number of benzene rings is 2. The molecule has 0 aliphatic heterocycles. The number of halogens is 1. The third kappa shape index (κ3) is 4.31. The van der Waals surface area contributed by atoms with E-state index < -0.39 is 6.67 Å². The number of carbonyl (C=O) groups is 1. The molecule has 2 aromatic carbocycles. The SMILES string of the molecule is Cc1ccccc1C(=O)Nc1cccc(OCCCF)c1. The van der Waals surface area contributed by atoms with Crippen molar-refractivity contribution in [2.45, 2.75) is 13.3 Å². The maximum absolute atomic E-state index is 12.2. The summed E-state index contributed by atoms with van der Waals surface area (Å²) in [4.78, 5) is 12.2. The van der Waals surface area contributed by atoms with E-state index in [4.69, 9.17) is 4.74 Å². The van der Waals surface area contributed by atoms with Crippen LogP contribution in [0.25, 0.3) is 0 Å². The summed E-state index contributed by atoms with van der Waals surface area (Å²) in [5, 5.41) is 2.84. The Kier molecular flexibility index (Phi) is 5.32. The van der Waals surface area contributed by atoms with Gasteiger partial charge in [0.15, 0.2) is 0 Å². The first kappa shape index (κ1) is 15.0. The lowest BCUT2D eigenvalue weighted by Crippen LogP contribution is -2.13. The number of hydrogen-bond acceptors (Lipinski definition) is 2. The summed E-state index contributed by atoms with van der Waals surface area (Å²) in [6, 6.07) is 14.5. The van der Waals surface area contributed by atoms with E-state index in [1.807, 2.05) is 25.1 Å². The molecule has 0 bridgehead atoms. The van der Waals surface area contributed by atoms with Crippen LogP contribution in [0.1, 0.15) is 22.3 Å². The summed E-state index contributed by atoms with van der Waals surface area (Å²) >= 11 is 0. The van der Waals surface area contributed by atoms with Gasteiger partial charge in [0, 0.05) is 23.7 Å². The lowest BCUT2D eigenvalue weighted by Gasteiger charge is -2.10. The number of hydrogen-bond donors (Lipinski definition) is 1. The van der Waals surface area contributed by atoms with Crippen molar-refractivity contribution < 1.29 is 13.9 Å². The number of alkyl halides is 1. The molecule has 0 aliphatic carbocycles. The van der Waals surface area contributed by atoms with Crippen molar-refractivity contribution in [1.82, 2.24) is 0 Å². The predicted octanol–water partition coefficient (Wildman–Crippen LogP) is 3.99. The lowest BCUT2D eigenvalue weighted by atomic mass is 10.1. The van der Waals surface area contributed by atoms with E-state index in [0.717, 1.165) is 5.56 Å². The molecule has 1 amide bonds. The quantitative estimate of drug-likeness (QED) is 0.816. The molecule has 0 aromatic heterocycles. The molecule has 21 heavy (non-hydrogen) atoms. The van der Waals surface area contributed by atoms with Gasteiger partial charge in [0.2, 0.25) is 0 Å². The first-order valence-electron chi connectivity index (χ1n) is 6.86. The second-order valence-corrected chi connectivity index (χ2v) is 4.69. The monoisotopic (exact) mass is 287 g/mol. The van der Waals surface area contributed by atoms with E-state index in [1.165, 1.54) is 0 Å². The maximum atomic E-state index is 12.2. The largest absolute Gasteiger partial charge is 0.493 e. The second-order valence-electron chi connectivity index (χ2n) is 4.69. The highest BCUT2D eigenvalue weighted by atomic mass is 19.1. The van der Waals surface area contributed by atoms with Gasteiger partial charge in [-0.25, -0.2) is 0 Å². The number of amides is 1. The average Bonchev–Trinajstić information content (AvgIpc) is 2.48. The summed E-state index contributed by atoms with van der Waals surface area (Å²) < 4.78 is 17.4. The molecule has 2 aromatic rings. The highest BCUT2D eigenvalue weighted by molar-refractivity contribution is 6.05. The molecule has 2 rings (SSSR count). The van der Waals surface area contributed by atoms with Crippen LogP contribution in [0, 0.1) is 6.92 Å². The van der Waals surface area contributed by atoms with Crippen molar-refractivity contribution in [1.29, 1.82) is 0 Å². The lowest BCUT2D eigenvalue weighted by molar-refractivity contribution is 0.102. The van der Waals surface area contributed by atoms with Crippen LogP contribution in [0.3, 0.4) is 0 Å². The summed E-state index contributed by atoms with van der Waals surface area (Å²) in [7, 11) is 0. The number of ether oxygens (including phenoxy) is 1. The first-order chi connectivity index (χ1) is 10.2. The van der Waals surface area contributed by atoms with Crippen molar-refractivity contribution in [3.8, 4) is 5.75 Å². The van der Waals surface area contributed by atoms with Gasteiger partial charge in [-0.05, 0) is 30.7 Å². The summed E-state index contributed by atoms with van der Waals surface area (Å²) in [5.74, 6) is 0.458. The van der Waals surface area contributed by atoms with Crippen LogP contribution in [-0.2, 0) is 0 Å². The van der Waals surface area contributed by atoms with E-state index in [1.54, 1.807) is 30.3 Å². The molecule has 0 saturated carbocycles. The van der Waals surface area contributed by atoms with Crippen LogP contribution in [-0.4, -0.2) is 19.2 Å². The topological polar surface area (TPSA) is 38.3 Å². The Morgan fingerprint density at radius 2 is 2.00 bits per heavy atom. The molecule has 0 saturated heterocycles. The Labute approximate surface area is 123 Å². The number of carbonyl (C=O) groups excluding carboxylic acids is 1. The third-order valence-corrected chi connectivity index (χ3v) is 3.03. The van der Waals surface area contributed by atoms with Gasteiger partial charge in [-0.3, -0.25) is 9.18 Å². The number of anilines is 1. The summed E-state index contributed by atoms with van der Waals surface area (Å²) in [6.07, 6.45) is 0.361. The predicted molar refractivity (Wildman–Crippen MR) is 81.7 cm³/mol. The molecule has 0 spiro atoms. The number of rotatable bonds is 6. The van der Waals surface area contributed by atoms with Gasteiger partial charge in [-0.1, -0.05) is 24.3 Å². The Morgan fingerprint density at radius 3 is 2.76 bits per heavy atom. The highest BCUT2D eigenvalue weighted by Gasteiger charge is 2.08. The van der Waals surface area contributed by atoms with Gasteiger partial charge in [-0.15, -0.1) is 0 Å². The summed E-state index contributed by atoms with van der Waals surface area (Å²) in [6.45, 7) is 1.82. The molecule has 0 heterocycles. The summed E-state index contributed by atoms with van der Waals surface area (Å²) in [5.41, 5.74) is 2.22. The zero-order valence-electron chi connectivity index (χ0n) is 11.9. The Morgan fingerprint density at radius 1 is 1.19 bits per heavy atom. The van der Waals surface area contributed by atoms with E-state index in [9.17, 15) is 9.18 Å². The standard InChI is InChI=1S/C17H18FNO2/c1-13-6-2-3-9-16(13)17(20)19-14-7-4-8-15(12-14)21-11-5-10-18/h2-4,6-9,12H,5,10-11H2,1H3,(H,19,20). The normalized spacial score (nSPS) is 10.2. The number of aryl methyl sites for hydroxylation is 1. The Bertz CT molecular complexity index is 613. The number of nitrogens with one attached hydrogen (secondary N) is 1. The van der Waals surface area contributed by atoms with Gasteiger partial charge in [0.1, 0.15) is 5.75 Å². The van der Waals surface area contributed by atoms with Crippen molar-refractivity contribution in [3.05, 3.63) is 59.7 Å². The van der Waals surface area contributed by atoms with Crippen LogP contribution in [0.2, 0.25) is 0 Å². The van der Waals surface area contributed by atoms with Gasteiger partial charge in [0.25, 0.3) is 5.91 Å². The van der Waals surface area contributed by atoms with Crippen molar-refractivity contribution in [2.75, 3.05) is 18.6 Å². The minimum Gasteiger partial charge on any atom is -0.493 e. The molecule has 0 aliphatic rings. The fraction of sp³-hybridized carbons (Fsp3) is 0.235. The van der Waals surface area contributed by atoms with Gasteiger partial charge in [0.05, 0.1) is 13.3 Å². The second kappa shape index (κ2) is 7.43. The third-order valence-electron chi connectivity index (χ3n) is 3.03. The molecular weight excluding hydrogens is 269 g/mol. The molecule has 1 N–H and O–H groups in total. The average molecular weight is 287 g/mol. The minimum atomic E-state index is -0.399. The van der Waals surface area contributed by atoms with Crippen molar-refractivity contribution in [3.63, 3.8) is 0 Å². The van der Waals surface area contributed by atoms with Crippen molar-refractivity contribution in [2.24, 2.45) is 0 Å². The van der Waals surface area contributed by atoms with Gasteiger partial charge >= 0.3 is 0 Å². The van der Waals surface area contributed by atoms with Crippen LogP contribution in [0.4, 0.5) is 10.1 Å². The van der Waals surface area contributed by atoms with E-state index in [-0.39, 0.29) is 5.91 Å². The van der Waals surface area contributed by atoms with Crippen molar-refractivity contribution >= 4 is 11.6 Å². The van der Waals surface area contributed by atoms with Gasteiger partial charge < -0.3 is 10.1 Å². The zero-order valence-corrected chi connectivity index (χ0v) is 11.9. The zero-order chi connectivity index (χ0) is 15.1. The highest BCUT2D eigenvalue weighted by Crippen LogP contribution is 2.19. The molecule has 0 fully saturated rings. The smallest absolute Gasteiger partial charge is 0.255 e. The Hall–Kier alpha value is -2.36. The molecule has 4 heteroatoms. The molecule has 0 radical (unpaired) electrons. The van der Waals surface area contributed by atoms with Gasteiger partial charge in [-0.2, -0.15) is 0 Å². The fourth-order valence-corrected chi connectivity index (χ4v) is 1.93. The minimum absolute atomic E-state index is 0.158. The molecule has 110 valence electrons. The molecule has 3 nitrogen and oxygen atoms in total. The Balaban J connectivity index is 2.04. The van der Waals surface area contributed by atoms with Crippen LogP contribution < -0.4 is 10.1 Å². The molecule has 0 atom stereocenters. The molecular formula is C17H18FNO2. The maximum Gasteiger partial charge on any atom is 0.255 e. The fourth-order valence-electron chi connectivity index (χ4n) is 1.93. The van der Waals surface area contributed by atoms with E-state index >= 15 is 0 Å². The van der Waals surface area contributed by atoms with Crippen LogP contribution in [0.15, 0.2) is 48.5 Å². The first-order valence-corrected chi connectivity index (χ1v) is 6.86. The van der Waals surface area contributed by atoms with E-state index in [2.05, 4.69) is 5.32 Å².